The maximum absolute atomic E-state index is 14.2. The first-order valence-electron chi connectivity index (χ1n) is 12.7. The highest BCUT2D eigenvalue weighted by Crippen LogP contribution is 2.44. The summed E-state index contributed by atoms with van der Waals surface area (Å²) >= 11 is 0. The number of para-hydroxylation sites is 2. The summed E-state index contributed by atoms with van der Waals surface area (Å²) in [6.45, 7) is 0. The van der Waals surface area contributed by atoms with Crippen LogP contribution in [0.3, 0.4) is 0 Å². The maximum atomic E-state index is 14.2. The van der Waals surface area contributed by atoms with Crippen LogP contribution in [0.2, 0.25) is 0 Å². The Morgan fingerprint density at radius 3 is 1.58 bits per heavy atom. The van der Waals surface area contributed by atoms with E-state index >= 15 is 0 Å². The molecule has 4 nitrogen and oxygen atoms in total. The molecule has 4 heteroatoms. The lowest BCUT2D eigenvalue weighted by Crippen LogP contribution is -2.44. The predicted octanol–water partition coefficient (Wildman–Crippen LogP) is 7.88. The van der Waals surface area contributed by atoms with Crippen LogP contribution in [-0.4, -0.2) is 24.0 Å². The molecular formula is C34H28N2O2. The van der Waals surface area contributed by atoms with E-state index in [9.17, 15) is 9.59 Å². The molecule has 0 spiro atoms. The van der Waals surface area contributed by atoms with Crippen LogP contribution in [0, 0.1) is 11.3 Å². The van der Waals surface area contributed by atoms with Crippen molar-refractivity contribution in [3.63, 3.8) is 0 Å². The number of benzene rings is 4. The van der Waals surface area contributed by atoms with Gasteiger partial charge in [0.2, 0.25) is 0 Å². The van der Waals surface area contributed by atoms with E-state index < -0.39 is 5.41 Å². The van der Waals surface area contributed by atoms with Gasteiger partial charge in [0.15, 0.2) is 11.6 Å². The van der Waals surface area contributed by atoms with Crippen molar-refractivity contribution in [2.75, 3.05) is 0 Å². The molecule has 38 heavy (non-hydrogen) atoms. The molecule has 0 heterocycles. The molecule has 1 atom stereocenters. The summed E-state index contributed by atoms with van der Waals surface area (Å²) in [6, 6.07) is 37.5. The third-order valence-electron chi connectivity index (χ3n) is 6.77. The highest BCUT2D eigenvalue weighted by molar-refractivity contribution is 6.20. The summed E-state index contributed by atoms with van der Waals surface area (Å²) in [6.07, 6.45) is 6.29. The van der Waals surface area contributed by atoms with Crippen LogP contribution in [0.5, 0.6) is 0 Å². The van der Waals surface area contributed by atoms with E-state index in [1.165, 1.54) is 0 Å². The van der Waals surface area contributed by atoms with E-state index in [1.54, 1.807) is 30.5 Å². The zero-order valence-corrected chi connectivity index (χ0v) is 21.0. The zero-order valence-electron chi connectivity index (χ0n) is 21.0. The molecule has 0 saturated heterocycles. The summed E-state index contributed by atoms with van der Waals surface area (Å²) in [7, 11) is 0. The molecule has 0 radical (unpaired) electrons. The van der Waals surface area contributed by atoms with Gasteiger partial charge in [-0.15, -0.1) is 0 Å². The Labute approximate surface area is 223 Å². The molecule has 0 saturated carbocycles. The first kappa shape index (κ1) is 25.0. The number of hydrogen-bond acceptors (Lipinski definition) is 4. The van der Waals surface area contributed by atoms with Crippen LogP contribution in [-0.2, 0) is 0 Å². The minimum atomic E-state index is -1.29. The number of aliphatic imine (C=N–C) groups is 2. The fourth-order valence-corrected chi connectivity index (χ4v) is 4.95. The lowest BCUT2D eigenvalue weighted by atomic mass is 9.63. The Morgan fingerprint density at radius 2 is 1.08 bits per heavy atom. The van der Waals surface area contributed by atoms with Gasteiger partial charge in [0.05, 0.1) is 11.4 Å². The van der Waals surface area contributed by atoms with Crippen molar-refractivity contribution in [2.45, 2.75) is 12.8 Å². The number of carbonyl (C=O) groups excluding carboxylic acids is 2. The average molecular weight is 497 g/mol. The molecular weight excluding hydrogens is 468 g/mol. The predicted molar refractivity (Wildman–Crippen MR) is 154 cm³/mol. The smallest absolute Gasteiger partial charge is 0.177 e. The first-order valence-corrected chi connectivity index (χ1v) is 12.7. The van der Waals surface area contributed by atoms with E-state index in [2.05, 4.69) is 16.1 Å². The lowest BCUT2D eigenvalue weighted by Gasteiger charge is -2.36. The molecule has 1 unspecified atom stereocenters. The number of rotatable bonds is 8. The van der Waals surface area contributed by atoms with E-state index in [4.69, 9.17) is 0 Å². The fraction of sp³-hybridized carbons (Fsp3) is 0.118. The van der Waals surface area contributed by atoms with Crippen LogP contribution in [0.25, 0.3) is 0 Å². The molecule has 186 valence electrons. The zero-order chi connectivity index (χ0) is 26.2. The van der Waals surface area contributed by atoms with Crippen LogP contribution in [0.1, 0.15) is 33.6 Å². The number of ketones is 2. The number of nitrogens with zero attached hydrogens (tertiary/aromatic N) is 2. The van der Waals surface area contributed by atoms with Crippen molar-refractivity contribution in [1.82, 2.24) is 0 Å². The molecule has 4 aromatic carbocycles. The van der Waals surface area contributed by atoms with Gasteiger partial charge in [-0.2, -0.15) is 0 Å². The highest BCUT2D eigenvalue weighted by Gasteiger charge is 2.49. The number of carbonyl (C=O) groups is 2. The Balaban J connectivity index is 1.60. The van der Waals surface area contributed by atoms with Crippen molar-refractivity contribution in [1.29, 1.82) is 0 Å². The minimum Gasteiger partial charge on any atom is -0.293 e. The molecule has 5 rings (SSSR count). The van der Waals surface area contributed by atoms with Gasteiger partial charge in [-0.05, 0) is 42.7 Å². The molecule has 0 N–H and O–H groups in total. The Bertz CT molecular complexity index is 1420. The molecule has 1 aliphatic rings. The Morgan fingerprint density at radius 1 is 0.632 bits per heavy atom. The Hall–Kier alpha value is -4.70. The number of hydrogen-bond donors (Lipinski definition) is 0. The van der Waals surface area contributed by atoms with E-state index in [1.807, 2.05) is 103 Å². The fourth-order valence-electron chi connectivity index (χ4n) is 4.95. The normalized spacial score (nSPS) is 16.8. The van der Waals surface area contributed by atoms with Gasteiger partial charge in [0, 0.05) is 29.5 Å². The topological polar surface area (TPSA) is 58.9 Å². The first-order chi connectivity index (χ1) is 18.6. The Kier molecular flexibility index (Phi) is 7.60. The van der Waals surface area contributed by atoms with Crippen molar-refractivity contribution < 1.29 is 9.59 Å². The molecule has 0 amide bonds. The van der Waals surface area contributed by atoms with Gasteiger partial charge in [0.25, 0.3) is 0 Å². The largest absolute Gasteiger partial charge is 0.293 e. The van der Waals surface area contributed by atoms with Crippen molar-refractivity contribution >= 4 is 35.4 Å². The number of allylic oxidation sites excluding steroid dienone is 2. The third kappa shape index (κ3) is 5.65. The summed E-state index contributed by atoms with van der Waals surface area (Å²) in [5.41, 5.74) is 2.22. The highest BCUT2D eigenvalue weighted by atomic mass is 16.2. The van der Waals surface area contributed by atoms with Gasteiger partial charge in [-0.25, -0.2) is 0 Å². The molecule has 4 aromatic rings. The van der Waals surface area contributed by atoms with Crippen molar-refractivity contribution in [3.8, 4) is 0 Å². The monoisotopic (exact) mass is 496 g/mol. The SMILES string of the molecule is O=C(c1ccccc1)C1(C(=O)c2ccccc2)CC(C=Nc2ccccc2)=CC(C=Nc2ccccc2)C1. The number of Topliss-reactive ketones (excluding diaryl/α,β-unsaturated/α-hetero) is 2. The van der Waals surface area contributed by atoms with Crippen LogP contribution >= 0.6 is 0 Å². The average Bonchev–Trinajstić information content (AvgIpc) is 3.00. The molecule has 0 aliphatic heterocycles. The van der Waals surface area contributed by atoms with Crippen LogP contribution < -0.4 is 0 Å². The minimum absolute atomic E-state index is 0.177. The van der Waals surface area contributed by atoms with Gasteiger partial charge in [-0.3, -0.25) is 19.6 Å². The molecule has 1 aliphatic carbocycles. The summed E-state index contributed by atoms with van der Waals surface area (Å²) < 4.78 is 0. The van der Waals surface area contributed by atoms with Gasteiger partial charge < -0.3 is 0 Å². The lowest BCUT2D eigenvalue weighted by molar-refractivity contribution is 0.0630. The van der Waals surface area contributed by atoms with E-state index in [-0.39, 0.29) is 23.9 Å². The quantitative estimate of drug-likeness (QED) is 0.141. The standard InChI is InChI=1S/C34H28N2O2/c37-32(28-13-5-1-6-14-28)34(33(38)29-15-7-2-8-16-29)22-26(24-35-30-17-9-3-10-18-30)21-27(23-34)25-36-31-19-11-4-12-20-31/h1-21,24-26H,22-23H2. The van der Waals surface area contributed by atoms with Gasteiger partial charge >= 0.3 is 0 Å². The summed E-state index contributed by atoms with van der Waals surface area (Å²) in [5, 5.41) is 0. The second kappa shape index (κ2) is 11.6. The summed E-state index contributed by atoms with van der Waals surface area (Å²) in [5.74, 6) is -0.589. The second-order valence-electron chi connectivity index (χ2n) is 9.47. The van der Waals surface area contributed by atoms with Crippen LogP contribution in [0.15, 0.2) is 143 Å². The third-order valence-corrected chi connectivity index (χ3v) is 6.77. The molecule has 0 fully saturated rings. The van der Waals surface area contributed by atoms with Gasteiger partial charge in [0.1, 0.15) is 5.41 Å². The molecule has 0 aromatic heterocycles. The van der Waals surface area contributed by atoms with Crippen molar-refractivity contribution in [3.05, 3.63) is 144 Å². The van der Waals surface area contributed by atoms with E-state index in [0.717, 1.165) is 16.9 Å². The molecule has 0 bridgehead atoms. The maximum Gasteiger partial charge on any atom is 0.177 e. The second-order valence-corrected chi connectivity index (χ2v) is 9.47. The van der Waals surface area contributed by atoms with E-state index in [0.29, 0.717) is 17.5 Å². The summed E-state index contributed by atoms with van der Waals surface area (Å²) in [4.78, 5) is 37.8. The van der Waals surface area contributed by atoms with Crippen molar-refractivity contribution in [2.24, 2.45) is 21.3 Å². The van der Waals surface area contributed by atoms with Crippen LogP contribution in [0.4, 0.5) is 11.4 Å². The van der Waals surface area contributed by atoms with Gasteiger partial charge in [-0.1, -0.05) is 103 Å².